The van der Waals surface area contributed by atoms with Crippen LogP contribution >= 0.6 is 0 Å². The van der Waals surface area contributed by atoms with Gasteiger partial charge in [-0.3, -0.25) is 4.79 Å². The van der Waals surface area contributed by atoms with E-state index in [4.69, 9.17) is 4.74 Å². The quantitative estimate of drug-likeness (QED) is 0.484. The highest BCUT2D eigenvalue weighted by atomic mass is 16.5. The third kappa shape index (κ3) is 4.23. The predicted molar refractivity (Wildman–Crippen MR) is 116 cm³/mol. The molecule has 156 valence electrons. The molecule has 2 heterocycles. The summed E-state index contributed by atoms with van der Waals surface area (Å²) in [5.41, 5.74) is 4.00. The van der Waals surface area contributed by atoms with Gasteiger partial charge in [0, 0.05) is 29.3 Å². The van der Waals surface area contributed by atoms with Gasteiger partial charge in [0.15, 0.2) is 0 Å². The molecule has 8 heteroatoms. The normalized spacial score (nSPS) is 10.6. The number of imidazole rings is 1. The zero-order valence-corrected chi connectivity index (χ0v) is 17.1. The van der Waals surface area contributed by atoms with Gasteiger partial charge in [-0.2, -0.15) is 5.10 Å². The number of nitrogens with one attached hydrogen (secondary N) is 1. The summed E-state index contributed by atoms with van der Waals surface area (Å²) >= 11 is 0. The Balaban J connectivity index is 1.46. The number of carbonyl (C=O) groups excluding carboxylic acids is 2. The second-order valence-electron chi connectivity index (χ2n) is 6.79. The highest BCUT2D eigenvalue weighted by molar-refractivity contribution is 6.04. The van der Waals surface area contributed by atoms with Gasteiger partial charge in [0.2, 0.25) is 0 Å². The van der Waals surface area contributed by atoms with Crippen LogP contribution < -0.4 is 5.32 Å². The van der Waals surface area contributed by atoms with Gasteiger partial charge >= 0.3 is 5.97 Å². The fourth-order valence-corrected chi connectivity index (χ4v) is 3.17. The number of nitrogens with zero attached hydrogens (tertiary/aromatic N) is 4. The first-order valence-corrected chi connectivity index (χ1v) is 9.78. The molecule has 0 atom stereocenters. The summed E-state index contributed by atoms with van der Waals surface area (Å²) in [6.45, 7) is 3.86. The van der Waals surface area contributed by atoms with Crippen molar-refractivity contribution in [3.63, 3.8) is 0 Å². The highest BCUT2D eigenvalue weighted by Crippen LogP contribution is 2.18. The van der Waals surface area contributed by atoms with Crippen LogP contribution in [-0.4, -0.2) is 37.8 Å². The molecule has 0 radical (unpaired) electrons. The fourth-order valence-electron chi connectivity index (χ4n) is 3.17. The van der Waals surface area contributed by atoms with Crippen molar-refractivity contribution < 1.29 is 14.3 Å². The first-order chi connectivity index (χ1) is 15.1. The molecule has 0 aliphatic carbocycles. The maximum atomic E-state index is 12.6. The molecule has 0 saturated heterocycles. The molecular weight excluding hydrogens is 394 g/mol. The van der Waals surface area contributed by atoms with Gasteiger partial charge in [0.1, 0.15) is 5.56 Å². The molecule has 1 amide bonds. The molecule has 0 fully saturated rings. The molecule has 0 aliphatic heterocycles. The van der Waals surface area contributed by atoms with Gasteiger partial charge in [-0.25, -0.2) is 14.5 Å². The summed E-state index contributed by atoms with van der Waals surface area (Å²) in [5, 5.41) is 7.16. The van der Waals surface area contributed by atoms with Crippen LogP contribution in [0, 0.1) is 6.92 Å². The topological polar surface area (TPSA) is 91.0 Å². The van der Waals surface area contributed by atoms with Crippen molar-refractivity contribution in [1.29, 1.82) is 0 Å². The number of anilines is 1. The first kappa shape index (κ1) is 20.1. The zero-order valence-electron chi connectivity index (χ0n) is 17.1. The van der Waals surface area contributed by atoms with Crippen LogP contribution in [0.3, 0.4) is 0 Å². The van der Waals surface area contributed by atoms with Crippen LogP contribution in [0.5, 0.6) is 0 Å². The maximum absolute atomic E-state index is 12.6. The Hall–Kier alpha value is -4.20. The van der Waals surface area contributed by atoms with Crippen molar-refractivity contribution in [3.8, 4) is 11.4 Å². The molecule has 0 unspecified atom stereocenters. The second-order valence-corrected chi connectivity index (χ2v) is 6.79. The van der Waals surface area contributed by atoms with E-state index in [9.17, 15) is 9.59 Å². The third-order valence-electron chi connectivity index (χ3n) is 4.81. The van der Waals surface area contributed by atoms with Gasteiger partial charge in [0.25, 0.3) is 5.91 Å². The van der Waals surface area contributed by atoms with E-state index in [-0.39, 0.29) is 5.91 Å². The van der Waals surface area contributed by atoms with Gasteiger partial charge in [-0.15, -0.1) is 0 Å². The van der Waals surface area contributed by atoms with Crippen molar-refractivity contribution in [2.24, 2.45) is 0 Å². The number of benzene rings is 2. The second kappa shape index (κ2) is 8.66. The molecule has 4 rings (SSSR count). The number of aromatic nitrogens is 4. The van der Waals surface area contributed by atoms with Crippen LogP contribution in [0.25, 0.3) is 11.4 Å². The molecule has 0 saturated carbocycles. The smallest absolute Gasteiger partial charge is 0.341 e. The molecule has 0 bridgehead atoms. The summed E-state index contributed by atoms with van der Waals surface area (Å²) in [6, 6.07) is 14.5. The molecular formula is C23H21N5O3. The molecule has 1 N–H and O–H groups in total. The van der Waals surface area contributed by atoms with Crippen molar-refractivity contribution in [1.82, 2.24) is 19.3 Å². The number of hydrogen-bond acceptors (Lipinski definition) is 5. The number of ether oxygens (including phenoxy) is 1. The van der Waals surface area contributed by atoms with Crippen LogP contribution in [-0.2, 0) is 4.74 Å². The van der Waals surface area contributed by atoms with E-state index >= 15 is 0 Å². The number of amides is 1. The lowest BCUT2D eigenvalue weighted by atomic mass is 10.1. The highest BCUT2D eigenvalue weighted by Gasteiger charge is 2.16. The molecule has 2 aromatic carbocycles. The average Bonchev–Trinajstić information content (AvgIpc) is 3.45. The minimum atomic E-state index is -0.402. The van der Waals surface area contributed by atoms with Crippen LogP contribution in [0.15, 0.2) is 73.4 Å². The Labute approximate surface area is 179 Å². The van der Waals surface area contributed by atoms with E-state index in [1.54, 1.807) is 55.3 Å². The van der Waals surface area contributed by atoms with Gasteiger partial charge in [0.05, 0.1) is 30.5 Å². The number of rotatable bonds is 6. The fraction of sp³-hybridized carbons (Fsp3) is 0.130. The van der Waals surface area contributed by atoms with Crippen molar-refractivity contribution >= 4 is 17.6 Å². The Kier molecular flexibility index (Phi) is 5.61. The van der Waals surface area contributed by atoms with Crippen LogP contribution in [0.1, 0.15) is 33.3 Å². The standard InChI is InChI=1S/C23H21N5O3/c1-3-31-23(30)21-14-25-28(16(21)2)20-8-4-17(5-9-20)22(29)26-18-6-10-19(11-7-18)27-13-12-24-15-27/h4-15H,3H2,1-2H3,(H,26,29). The predicted octanol–water partition coefficient (Wildman–Crippen LogP) is 3.80. The Bertz CT molecular complexity index is 1190. The van der Waals surface area contributed by atoms with E-state index in [1.807, 2.05) is 35.0 Å². The monoisotopic (exact) mass is 415 g/mol. The van der Waals surface area contributed by atoms with E-state index in [2.05, 4.69) is 15.4 Å². The summed E-state index contributed by atoms with van der Waals surface area (Å²) < 4.78 is 8.57. The lowest BCUT2D eigenvalue weighted by molar-refractivity contribution is 0.0525. The maximum Gasteiger partial charge on any atom is 0.341 e. The number of carbonyl (C=O) groups is 2. The van der Waals surface area contributed by atoms with Gasteiger partial charge in [-0.05, 0) is 62.4 Å². The van der Waals surface area contributed by atoms with Crippen LogP contribution in [0.4, 0.5) is 5.69 Å². The number of hydrogen-bond donors (Lipinski definition) is 1. The summed E-state index contributed by atoms with van der Waals surface area (Å²) in [4.78, 5) is 28.6. The Morgan fingerprint density at radius 1 is 1.03 bits per heavy atom. The molecule has 4 aromatic rings. The lowest BCUT2D eigenvalue weighted by Crippen LogP contribution is -2.12. The van der Waals surface area contributed by atoms with E-state index < -0.39 is 5.97 Å². The largest absolute Gasteiger partial charge is 0.462 e. The van der Waals surface area contributed by atoms with Crippen molar-refractivity contribution in [2.75, 3.05) is 11.9 Å². The van der Waals surface area contributed by atoms with Crippen LogP contribution in [0.2, 0.25) is 0 Å². The van der Waals surface area contributed by atoms with Gasteiger partial charge in [-0.1, -0.05) is 0 Å². The average molecular weight is 415 g/mol. The zero-order chi connectivity index (χ0) is 21.8. The SMILES string of the molecule is CCOC(=O)c1cnn(-c2ccc(C(=O)Nc3ccc(-n4ccnc4)cc3)cc2)c1C. The molecule has 2 aromatic heterocycles. The molecule has 0 spiro atoms. The number of esters is 1. The molecule has 8 nitrogen and oxygen atoms in total. The minimum absolute atomic E-state index is 0.216. The minimum Gasteiger partial charge on any atom is -0.462 e. The third-order valence-corrected chi connectivity index (χ3v) is 4.81. The van der Waals surface area contributed by atoms with E-state index in [0.29, 0.717) is 29.1 Å². The van der Waals surface area contributed by atoms with E-state index in [0.717, 1.165) is 11.4 Å². The lowest BCUT2D eigenvalue weighted by Gasteiger charge is -2.09. The van der Waals surface area contributed by atoms with Crippen molar-refractivity contribution in [2.45, 2.75) is 13.8 Å². The Morgan fingerprint density at radius 3 is 2.39 bits per heavy atom. The summed E-state index contributed by atoms with van der Waals surface area (Å²) in [7, 11) is 0. The summed E-state index contributed by atoms with van der Waals surface area (Å²) in [5.74, 6) is -0.618. The van der Waals surface area contributed by atoms with Crippen molar-refractivity contribution in [3.05, 3.63) is 90.3 Å². The summed E-state index contributed by atoms with van der Waals surface area (Å²) in [6.07, 6.45) is 6.77. The molecule has 0 aliphatic rings. The first-order valence-electron chi connectivity index (χ1n) is 9.78. The van der Waals surface area contributed by atoms with Gasteiger partial charge < -0.3 is 14.6 Å². The van der Waals surface area contributed by atoms with E-state index in [1.165, 1.54) is 6.20 Å². The molecule has 31 heavy (non-hydrogen) atoms. The Morgan fingerprint density at radius 2 is 1.74 bits per heavy atom.